The number of rotatable bonds is 2. The normalized spacial score (nSPS) is 20.1. The van der Waals surface area contributed by atoms with Crippen molar-refractivity contribution in [2.24, 2.45) is 0 Å². The Hall–Kier alpha value is -3.04. The van der Waals surface area contributed by atoms with E-state index in [1.165, 1.54) is 11.1 Å². The first kappa shape index (κ1) is 15.2. The highest BCUT2D eigenvalue weighted by Crippen LogP contribution is 2.51. The van der Waals surface area contributed by atoms with Crippen LogP contribution in [0, 0.1) is 0 Å². The summed E-state index contributed by atoms with van der Waals surface area (Å²) >= 11 is 0. The van der Waals surface area contributed by atoms with E-state index in [0.717, 1.165) is 28.2 Å². The molecule has 1 atom stereocenters. The molecule has 3 nitrogen and oxygen atoms in total. The van der Waals surface area contributed by atoms with Crippen LogP contribution in [0.2, 0.25) is 0 Å². The predicted molar refractivity (Wildman–Crippen MR) is 101 cm³/mol. The summed E-state index contributed by atoms with van der Waals surface area (Å²) < 4.78 is 18.2. The number of hydrogen-bond donors (Lipinski definition) is 0. The first-order chi connectivity index (χ1) is 12.8. The molecule has 3 aromatic carbocycles. The molecule has 0 aliphatic carbocycles. The molecule has 128 valence electrons. The lowest BCUT2D eigenvalue weighted by atomic mass is 9.84. The van der Waals surface area contributed by atoms with Crippen LogP contribution in [0.25, 0.3) is 11.6 Å². The van der Waals surface area contributed by atoms with E-state index in [9.17, 15) is 0 Å². The van der Waals surface area contributed by atoms with Gasteiger partial charge in [-0.05, 0) is 47.5 Å². The number of methoxy groups -OCH3 is 1. The van der Waals surface area contributed by atoms with E-state index in [0.29, 0.717) is 6.61 Å². The van der Waals surface area contributed by atoms with E-state index in [1.54, 1.807) is 7.11 Å². The third-order valence-electron chi connectivity index (χ3n) is 5.04. The standard InChI is InChI=1S/C23H18O3/c1-24-19-12-10-18(11-13-19)23-21(14-16-6-3-5-9-22(16)26-23)20-8-4-2-7-17(20)15-25-23/h2-14H,15H2,1H3/t23-/m1/s1. The topological polar surface area (TPSA) is 27.7 Å². The molecule has 3 aromatic rings. The highest BCUT2D eigenvalue weighted by Gasteiger charge is 2.46. The van der Waals surface area contributed by atoms with Crippen LogP contribution in [0.3, 0.4) is 0 Å². The van der Waals surface area contributed by atoms with Gasteiger partial charge in [0.1, 0.15) is 11.5 Å². The molecule has 5 rings (SSSR count). The summed E-state index contributed by atoms with van der Waals surface area (Å²) in [5.41, 5.74) is 5.39. The smallest absolute Gasteiger partial charge is 0.265 e. The molecule has 0 unspecified atom stereocenters. The number of fused-ring (bicyclic) bond motifs is 4. The third-order valence-corrected chi connectivity index (χ3v) is 5.04. The first-order valence-electron chi connectivity index (χ1n) is 8.67. The van der Waals surface area contributed by atoms with E-state index >= 15 is 0 Å². The van der Waals surface area contributed by atoms with Crippen molar-refractivity contribution in [3.63, 3.8) is 0 Å². The second-order valence-corrected chi connectivity index (χ2v) is 6.49. The summed E-state index contributed by atoms with van der Waals surface area (Å²) in [6, 6.07) is 24.3. The zero-order valence-electron chi connectivity index (χ0n) is 14.4. The Bertz CT molecular complexity index is 1000. The summed E-state index contributed by atoms with van der Waals surface area (Å²) in [7, 11) is 1.67. The van der Waals surface area contributed by atoms with Crippen molar-refractivity contribution in [3.05, 3.63) is 95.1 Å². The van der Waals surface area contributed by atoms with Gasteiger partial charge in [0.2, 0.25) is 0 Å². The first-order valence-corrected chi connectivity index (χ1v) is 8.67. The molecule has 3 heteroatoms. The van der Waals surface area contributed by atoms with Gasteiger partial charge in [-0.15, -0.1) is 0 Å². The largest absolute Gasteiger partial charge is 0.497 e. The van der Waals surface area contributed by atoms with Crippen LogP contribution < -0.4 is 9.47 Å². The molecule has 0 saturated heterocycles. The number of hydrogen-bond acceptors (Lipinski definition) is 3. The minimum Gasteiger partial charge on any atom is -0.497 e. The quantitative estimate of drug-likeness (QED) is 0.655. The third kappa shape index (κ3) is 2.18. The van der Waals surface area contributed by atoms with Crippen LogP contribution in [-0.4, -0.2) is 7.11 Å². The molecule has 0 radical (unpaired) electrons. The average Bonchev–Trinajstić information content (AvgIpc) is 2.72. The maximum absolute atomic E-state index is 6.51. The minimum atomic E-state index is -0.949. The fourth-order valence-corrected chi connectivity index (χ4v) is 3.71. The van der Waals surface area contributed by atoms with Gasteiger partial charge >= 0.3 is 0 Å². The average molecular weight is 342 g/mol. The Balaban J connectivity index is 1.75. The molecule has 0 amide bonds. The van der Waals surface area contributed by atoms with Crippen LogP contribution in [-0.2, 0) is 17.1 Å². The SMILES string of the molecule is COc1ccc([C@]23OCc4ccccc4C2=Cc2ccccc2O3)cc1. The molecule has 2 heterocycles. The van der Waals surface area contributed by atoms with Gasteiger partial charge in [-0.3, -0.25) is 0 Å². The Kier molecular flexibility index (Phi) is 3.37. The predicted octanol–water partition coefficient (Wildman–Crippen LogP) is 5.01. The van der Waals surface area contributed by atoms with Gasteiger partial charge in [-0.2, -0.15) is 0 Å². The van der Waals surface area contributed by atoms with Crippen molar-refractivity contribution >= 4 is 11.6 Å². The molecule has 0 fully saturated rings. The Morgan fingerprint density at radius 3 is 2.50 bits per heavy atom. The van der Waals surface area contributed by atoms with Crippen molar-refractivity contribution in [2.75, 3.05) is 7.11 Å². The second-order valence-electron chi connectivity index (χ2n) is 6.49. The molecule has 0 saturated carbocycles. The minimum absolute atomic E-state index is 0.502. The summed E-state index contributed by atoms with van der Waals surface area (Å²) in [4.78, 5) is 0. The van der Waals surface area contributed by atoms with Gasteiger partial charge in [0, 0.05) is 16.7 Å². The van der Waals surface area contributed by atoms with Crippen LogP contribution in [0.1, 0.15) is 22.3 Å². The van der Waals surface area contributed by atoms with Crippen molar-refractivity contribution in [3.8, 4) is 11.5 Å². The zero-order valence-corrected chi connectivity index (χ0v) is 14.4. The lowest BCUT2D eigenvalue weighted by Gasteiger charge is -2.43. The molecule has 0 spiro atoms. The lowest BCUT2D eigenvalue weighted by Crippen LogP contribution is -2.42. The number of ether oxygens (including phenoxy) is 3. The molecular weight excluding hydrogens is 324 g/mol. The van der Waals surface area contributed by atoms with Gasteiger partial charge in [-0.25, -0.2) is 0 Å². The Morgan fingerprint density at radius 2 is 1.65 bits per heavy atom. The highest BCUT2D eigenvalue weighted by atomic mass is 16.7. The summed E-state index contributed by atoms with van der Waals surface area (Å²) in [5, 5.41) is 0. The van der Waals surface area contributed by atoms with Gasteiger partial charge in [0.15, 0.2) is 0 Å². The summed E-state index contributed by atoms with van der Waals surface area (Å²) in [5.74, 6) is 0.684. The molecule has 2 aliphatic heterocycles. The van der Waals surface area contributed by atoms with E-state index in [4.69, 9.17) is 14.2 Å². The maximum atomic E-state index is 6.51. The van der Waals surface area contributed by atoms with E-state index in [1.807, 2.05) is 48.5 Å². The molecule has 0 N–H and O–H groups in total. The van der Waals surface area contributed by atoms with Gasteiger partial charge in [0.05, 0.1) is 13.7 Å². The fraction of sp³-hybridized carbons (Fsp3) is 0.130. The highest BCUT2D eigenvalue weighted by molar-refractivity contribution is 5.91. The zero-order chi connectivity index (χ0) is 17.6. The van der Waals surface area contributed by atoms with Crippen molar-refractivity contribution in [1.29, 1.82) is 0 Å². The lowest BCUT2D eigenvalue weighted by molar-refractivity contribution is -0.160. The van der Waals surface area contributed by atoms with Crippen LogP contribution in [0.15, 0.2) is 72.8 Å². The molecule has 0 aromatic heterocycles. The van der Waals surface area contributed by atoms with Crippen LogP contribution in [0.4, 0.5) is 0 Å². The van der Waals surface area contributed by atoms with E-state index in [2.05, 4.69) is 30.3 Å². The van der Waals surface area contributed by atoms with Crippen molar-refractivity contribution < 1.29 is 14.2 Å². The van der Waals surface area contributed by atoms with Crippen LogP contribution >= 0.6 is 0 Å². The number of benzene rings is 3. The maximum Gasteiger partial charge on any atom is 0.265 e. The second kappa shape index (κ2) is 5.75. The van der Waals surface area contributed by atoms with Gasteiger partial charge in [0.25, 0.3) is 5.79 Å². The van der Waals surface area contributed by atoms with E-state index < -0.39 is 5.79 Å². The molecule has 0 bridgehead atoms. The molecule has 2 aliphatic rings. The monoisotopic (exact) mass is 342 g/mol. The van der Waals surface area contributed by atoms with Crippen molar-refractivity contribution in [2.45, 2.75) is 12.4 Å². The van der Waals surface area contributed by atoms with Crippen LogP contribution in [0.5, 0.6) is 11.5 Å². The van der Waals surface area contributed by atoms with Gasteiger partial charge in [-0.1, -0.05) is 42.5 Å². The summed E-state index contributed by atoms with van der Waals surface area (Å²) in [6.45, 7) is 0.502. The summed E-state index contributed by atoms with van der Waals surface area (Å²) in [6.07, 6.45) is 2.18. The fourth-order valence-electron chi connectivity index (χ4n) is 3.71. The van der Waals surface area contributed by atoms with Gasteiger partial charge < -0.3 is 14.2 Å². The Labute approximate surface area is 152 Å². The Morgan fingerprint density at radius 1 is 0.885 bits per heavy atom. The van der Waals surface area contributed by atoms with E-state index in [-0.39, 0.29) is 0 Å². The molecular formula is C23H18O3. The molecule has 26 heavy (non-hydrogen) atoms. The van der Waals surface area contributed by atoms with Crippen molar-refractivity contribution in [1.82, 2.24) is 0 Å². The number of para-hydroxylation sites is 1.